The standard InChI is InChI=1S/C8H15NO3/c10-7-4-2-1-3-6(7)9-5-8(11)12/h6-7,9-10H,1-5H2,(H,11,12)/t6-,7-/m0/s1. The summed E-state index contributed by atoms with van der Waals surface area (Å²) in [6.45, 7) is -0.0538. The second kappa shape index (κ2) is 4.42. The van der Waals surface area contributed by atoms with Gasteiger partial charge in [-0.25, -0.2) is 0 Å². The maximum atomic E-state index is 10.2. The number of hydrogen-bond acceptors (Lipinski definition) is 3. The predicted octanol–water partition coefficient (Wildman–Crippen LogP) is -0.0359. The Kier molecular flexibility index (Phi) is 3.49. The molecule has 3 N–H and O–H groups in total. The molecule has 0 aliphatic heterocycles. The van der Waals surface area contributed by atoms with Gasteiger partial charge in [-0.15, -0.1) is 0 Å². The lowest BCUT2D eigenvalue weighted by Crippen LogP contribution is -2.44. The van der Waals surface area contributed by atoms with E-state index in [2.05, 4.69) is 5.32 Å². The highest BCUT2D eigenvalue weighted by molar-refractivity contribution is 5.69. The quantitative estimate of drug-likeness (QED) is 0.560. The van der Waals surface area contributed by atoms with Gasteiger partial charge in [0.1, 0.15) is 0 Å². The molecule has 0 bridgehead atoms. The van der Waals surface area contributed by atoms with Crippen LogP contribution in [-0.2, 0) is 4.79 Å². The van der Waals surface area contributed by atoms with Crippen molar-refractivity contribution in [2.24, 2.45) is 0 Å². The lowest BCUT2D eigenvalue weighted by atomic mass is 9.93. The van der Waals surface area contributed by atoms with Crippen molar-refractivity contribution >= 4 is 5.97 Å². The van der Waals surface area contributed by atoms with Gasteiger partial charge >= 0.3 is 5.97 Å². The van der Waals surface area contributed by atoms with Crippen LogP contribution in [0.25, 0.3) is 0 Å². The smallest absolute Gasteiger partial charge is 0.317 e. The van der Waals surface area contributed by atoms with Crippen molar-refractivity contribution in [3.63, 3.8) is 0 Å². The number of hydrogen-bond donors (Lipinski definition) is 3. The molecule has 0 amide bonds. The second-order valence-electron chi connectivity index (χ2n) is 3.23. The van der Waals surface area contributed by atoms with Crippen LogP contribution < -0.4 is 5.32 Å². The van der Waals surface area contributed by atoms with E-state index in [1.807, 2.05) is 0 Å². The summed E-state index contributed by atoms with van der Waals surface area (Å²) in [6, 6.07) is -0.0187. The Morgan fingerprint density at radius 3 is 2.67 bits per heavy atom. The zero-order chi connectivity index (χ0) is 8.97. The van der Waals surface area contributed by atoms with Crippen LogP contribution in [0.2, 0.25) is 0 Å². The van der Waals surface area contributed by atoms with Crippen molar-refractivity contribution in [2.45, 2.75) is 37.8 Å². The van der Waals surface area contributed by atoms with Gasteiger partial charge in [0, 0.05) is 6.04 Å². The minimum absolute atomic E-state index is 0.0187. The zero-order valence-electron chi connectivity index (χ0n) is 6.99. The molecule has 1 saturated carbocycles. The molecule has 4 nitrogen and oxygen atoms in total. The highest BCUT2D eigenvalue weighted by atomic mass is 16.4. The van der Waals surface area contributed by atoms with E-state index in [0.29, 0.717) is 0 Å². The Bertz CT molecular complexity index is 160. The molecule has 1 aliphatic rings. The van der Waals surface area contributed by atoms with Crippen molar-refractivity contribution in [2.75, 3.05) is 6.54 Å². The van der Waals surface area contributed by atoms with Crippen LogP contribution in [0.4, 0.5) is 0 Å². The van der Waals surface area contributed by atoms with Gasteiger partial charge in [-0.1, -0.05) is 12.8 Å². The Labute approximate surface area is 71.6 Å². The van der Waals surface area contributed by atoms with Gasteiger partial charge in [0.2, 0.25) is 0 Å². The number of aliphatic carboxylic acids is 1. The number of aliphatic hydroxyl groups excluding tert-OH is 1. The van der Waals surface area contributed by atoms with Crippen LogP contribution >= 0.6 is 0 Å². The predicted molar refractivity (Wildman–Crippen MR) is 43.9 cm³/mol. The minimum atomic E-state index is -0.868. The van der Waals surface area contributed by atoms with Crippen molar-refractivity contribution in [3.8, 4) is 0 Å². The number of rotatable bonds is 3. The lowest BCUT2D eigenvalue weighted by molar-refractivity contribution is -0.136. The molecule has 0 aromatic rings. The summed E-state index contributed by atoms with van der Waals surface area (Å²) in [6.07, 6.45) is 3.44. The molecule has 0 aromatic carbocycles. The van der Waals surface area contributed by atoms with Gasteiger partial charge in [0.05, 0.1) is 12.6 Å². The summed E-state index contributed by atoms with van der Waals surface area (Å²) in [4.78, 5) is 10.2. The van der Waals surface area contributed by atoms with Gasteiger partial charge < -0.3 is 15.5 Å². The molecule has 4 heteroatoms. The fourth-order valence-corrected chi connectivity index (χ4v) is 1.57. The first-order valence-corrected chi connectivity index (χ1v) is 4.33. The molecule has 0 aromatic heterocycles. The van der Waals surface area contributed by atoms with Crippen molar-refractivity contribution in [1.82, 2.24) is 5.32 Å². The van der Waals surface area contributed by atoms with Crippen molar-refractivity contribution < 1.29 is 15.0 Å². The molecule has 12 heavy (non-hydrogen) atoms. The fourth-order valence-electron chi connectivity index (χ4n) is 1.57. The van der Waals surface area contributed by atoms with E-state index < -0.39 is 5.97 Å². The maximum Gasteiger partial charge on any atom is 0.317 e. The maximum absolute atomic E-state index is 10.2. The average Bonchev–Trinajstić information content (AvgIpc) is 2.03. The van der Waals surface area contributed by atoms with E-state index in [4.69, 9.17) is 5.11 Å². The number of carboxylic acids is 1. The molecule has 0 radical (unpaired) electrons. The molecule has 0 heterocycles. The minimum Gasteiger partial charge on any atom is -0.480 e. The summed E-state index contributed by atoms with van der Waals surface area (Å²) in [7, 11) is 0. The molecule has 2 atom stereocenters. The summed E-state index contributed by atoms with van der Waals surface area (Å²) in [5, 5.41) is 20.6. The van der Waals surface area contributed by atoms with E-state index >= 15 is 0 Å². The Balaban J connectivity index is 2.24. The number of carbonyl (C=O) groups is 1. The molecule has 70 valence electrons. The molecule has 1 rings (SSSR count). The first-order chi connectivity index (χ1) is 5.70. The first-order valence-electron chi connectivity index (χ1n) is 4.33. The van der Waals surface area contributed by atoms with Gasteiger partial charge in [0.25, 0.3) is 0 Å². The Morgan fingerprint density at radius 2 is 2.08 bits per heavy atom. The van der Waals surface area contributed by atoms with E-state index in [0.717, 1.165) is 25.7 Å². The number of aliphatic hydroxyl groups is 1. The highest BCUT2D eigenvalue weighted by Gasteiger charge is 2.22. The van der Waals surface area contributed by atoms with Crippen LogP contribution in [0.1, 0.15) is 25.7 Å². The third-order valence-electron chi connectivity index (χ3n) is 2.24. The van der Waals surface area contributed by atoms with Gasteiger partial charge in [-0.3, -0.25) is 4.79 Å². The number of carboxylic acid groups (broad SMARTS) is 1. The fraction of sp³-hybridized carbons (Fsp3) is 0.875. The van der Waals surface area contributed by atoms with E-state index in [9.17, 15) is 9.90 Å². The molecule has 1 fully saturated rings. The van der Waals surface area contributed by atoms with Crippen LogP contribution in [0.3, 0.4) is 0 Å². The van der Waals surface area contributed by atoms with Gasteiger partial charge in [0.15, 0.2) is 0 Å². The normalized spacial score (nSPS) is 30.1. The van der Waals surface area contributed by atoms with E-state index in [-0.39, 0.29) is 18.7 Å². The molecule has 0 saturated heterocycles. The van der Waals surface area contributed by atoms with Crippen LogP contribution in [-0.4, -0.2) is 34.9 Å². The summed E-state index contributed by atoms with van der Waals surface area (Å²) >= 11 is 0. The lowest BCUT2D eigenvalue weighted by Gasteiger charge is -2.27. The van der Waals surface area contributed by atoms with E-state index in [1.54, 1.807) is 0 Å². The SMILES string of the molecule is O=C(O)CN[C@H]1CCCC[C@@H]1O. The first kappa shape index (κ1) is 9.48. The van der Waals surface area contributed by atoms with Crippen molar-refractivity contribution in [3.05, 3.63) is 0 Å². The van der Waals surface area contributed by atoms with Crippen molar-refractivity contribution in [1.29, 1.82) is 0 Å². The van der Waals surface area contributed by atoms with Crippen LogP contribution in [0, 0.1) is 0 Å². The summed E-state index contributed by atoms with van der Waals surface area (Å²) in [5.41, 5.74) is 0. The third kappa shape index (κ3) is 2.79. The highest BCUT2D eigenvalue weighted by Crippen LogP contribution is 2.17. The molecule has 0 unspecified atom stereocenters. The molecular formula is C8H15NO3. The molecule has 0 spiro atoms. The van der Waals surface area contributed by atoms with Gasteiger partial charge in [-0.2, -0.15) is 0 Å². The van der Waals surface area contributed by atoms with E-state index in [1.165, 1.54) is 0 Å². The van der Waals surface area contributed by atoms with Gasteiger partial charge in [-0.05, 0) is 12.8 Å². The molecule has 1 aliphatic carbocycles. The number of nitrogens with one attached hydrogen (secondary N) is 1. The third-order valence-corrected chi connectivity index (χ3v) is 2.24. The van der Waals surface area contributed by atoms with Crippen LogP contribution in [0.5, 0.6) is 0 Å². The topological polar surface area (TPSA) is 69.6 Å². The summed E-state index contributed by atoms with van der Waals surface area (Å²) in [5.74, 6) is -0.868. The monoisotopic (exact) mass is 173 g/mol. The second-order valence-corrected chi connectivity index (χ2v) is 3.23. The molecular weight excluding hydrogens is 158 g/mol. The Hall–Kier alpha value is -0.610. The van der Waals surface area contributed by atoms with Crippen LogP contribution in [0.15, 0.2) is 0 Å². The largest absolute Gasteiger partial charge is 0.480 e. The Morgan fingerprint density at radius 1 is 1.42 bits per heavy atom. The summed E-state index contributed by atoms with van der Waals surface area (Å²) < 4.78 is 0. The average molecular weight is 173 g/mol. The zero-order valence-corrected chi connectivity index (χ0v) is 6.99.